The molecule has 0 aromatic heterocycles. The molecule has 2 bridgehead atoms. The van der Waals surface area contributed by atoms with Crippen molar-refractivity contribution in [3.05, 3.63) is 66.2 Å². The van der Waals surface area contributed by atoms with Gasteiger partial charge in [-0.05, 0) is 79.5 Å². The molecule has 3 aliphatic heterocycles. The maximum Gasteiger partial charge on any atom is 0.253 e. The maximum atomic E-state index is 13.3. The molecule has 5 nitrogen and oxygen atoms in total. The predicted octanol–water partition coefficient (Wildman–Crippen LogP) is 5.30. The van der Waals surface area contributed by atoms with E-state index in [-0.39, 0.29) is 11.7 Å². The summed E-state index contributed by atoms with van der Waals surface area (Å²) in [6.07, 6.45) is 10.4. The number of amides is 1. The highest BCUT2D eigenvalue weighted by Gasteiger charge is 2.35. The lowest BCUT2D eigenvalue weighted by atomic mass is 9.91. The summed E-state index contributed by atoms with van der Waals surface area (Å²) < 4.78 is 0. The van der Waals surface area contributed by atoms with Gasteiger partial charge in [0.05, 0.1) is 0 Å². The van der Waals surface area contributed by atoms with Crippen LogP contribution in [-0.2, 0) is 6.54 Å². The number of hydrogen-bond acceptors (Lipinski definition) is 4. The van der Waals surface area contributed by atoms with E-state index in [0.717, 1.165) is 68.8 Å². The van der Waals surface area contributed by atoms with Gasteiger partial charge in [0.25, 0.3) is 5.91 Å². The number of carbonyl (C=O) groups excluding carboxylic acids is 1. The van der Waals surface area contributed by atoms with Crippen LogP contribution in [0.5, 0.6) is 5.75 Å². The van der Waals surface area contributed by atoms with Gasteiger partial charge in [0.15, 0.2) is 0 Å². The summed E-state index contributed by atoms with van der Waals surface area (Å²) in [5.41, 5.74) is 4.03. The number of hydrogen-bond donors (Lipinski definition) is 1. The normalized spacial score (nSPS) is 23.6. The number of fused-ring (bicyclic) bond motifs is 2. The molecule has 2 aromatic carbocycles. The van der Waals surface area contributed by atoms with Gasteiger partial charge in [0, 0.05) is 56.9 Å². The molecule has 2 atom stereocenters. The van der Waals surface area contributed by atoms with Crippen molar-refractivity contribution in [2.75, 3.05) is 32.7 Å². The average molecular weight is 474 g/mol. The molecule has 3 saturated heterocycles. The van der Waals surface area contributed by atoms with Crippen molar-refractivity contribution >= 4 is 5.91 Å². The third-order valence-corrected chi connectivity index (χ3v) is 8.16. The zero-order chi connectivity index (χ0) is 24.2. The molecule has 2 unspecified atom stereocenters. The molecule has 5 heteroatoms. The van der Waals surface area contributed by atoms with E-state index in [0.29, 0.717) is 12.1 Å². The number of nitrogens with zero attached hydrogens (tertiary/aromatic N) is 3. The Balaban J connectivity index is 1.47. The first kappa shape index (κ1) is 24.1. The van der Waals surface area contributed by atoms with Crippen LogP contribution in [0.2, 0.25) is 0 Å². The fourth-order valence-corrected chi connectivity index (χ4v) is 6.32. The van der Waals surface area contributed by atoms with Crippen molar-refractivity contribution in [1.82, 2.24) is 14.7 Å². The van der Waals surface area contributed by atoms with Crippen LogP contribution in [0.25, 0.3) is 11.1 Å². The largest absolute Gasteiger partial charge is 0.508 e. The molecule has 0 radical (unpaired) electrons. The number of rotatable bonds is 6. The summed E-state index contributed by atoms with van der Waals surface area (Å²) in [7, 11) is 0. The van der Waals surface area contributed by atoms with Crippen molar-refractivity contribution in [3.63, 3.8) is 0 Å². The van der Waals surface area contributed by atoms with Crippen LogP contribution in [0.4, 0.5) is 0 Å². The van der Waals surface area contributed by atoms with Crippen LogP contribution in [0.3, 0.4) is 0 Å². The van der Waals surface area contributed by atoms with Crippen LogP contribution >= 0.6 is 0 Å². The number of phenols is 1. The summed E-state index contributed by atoms with van der Waals surface area (Å²) in [6.45, 7) is 9.71. The Labute approximate surface area is 210 Å². The second kappa shape index (κ2) is 11.0. The monoisotopic (exact) mass is 473 g/mol. The molecule has 3 heterocycles. The Bertz CT molecular complexity index is 1050. The Morgan fingerprint density at radius 2 is 1.80 bits per heavy atom. The first-order valence-corrected chi connectivity index (χ1v) is 13.4. The molecule has 186 valence electrons. The number of benzene rings is 2. The van der Waals surface area contributed by atoms with Gasteiger partial charge >= 0.3 is 0 Å². The van der Waals surface area contributed by atoms with E-state index in [1.165, 1.54) is 37.7 Å². The first-order valence-electron chi connectivity index (χ1n) is 13.4. The molecule has 0 saturated carbocycles. The average Bonchev–Trinajstić information content (AvgIpc) is 2.96. The number of aromatic hydroxyl groups is 1. The number of carbonyl (C=O) groups is 1. The molecule has 3 aliphatic rings. The minimum atomic E-state index is 0.129. The second-order valence-electron chi connectivity index (χ2n) is 10.5. The summed E-state index contributed by atoms with van der Waals surface area (Å²) >= 11 is 0. The van der Waals surface area contributed by atoms with Gasteiger partial charge in [-0.15, -0.1) is 6.58 Å². The third kappa shape index (κ3) is 5.46. The smallest absolute Gasteiger partial charge is 0.253 e. The van der Waals surface area contributed by atoms with Crippen LogP contribution in [0, 0.1) is 0 Å². The van der Waals surface area contributed by atoms with E-state index in [4.69, 9.17) is 0 Å². The lowest BCUT2D eigenvalue weighted by Crippen LogP contribution is -2.47. The van der Waals surface area contributed by atoms with Gasteiger partial charge in [0.1, 0.15) is 5.75 Å². The molecular weight excluding hydrogens is 434 g/mol. The Morgan fingerprint density at radius 1 is 0.971 bits per heavy atom. The summed E-state index contributed by atoms with van der Waals surface area (Å²) in [5, 5.41) is 10.2. The lowest BCUT2D eigenvalue weighted by Gasteiger charge is -2.41. The van der Waals surface area contributed by atoms with Crippen molar-refractivity contribution in [3.8, 4) is 16.9 Å². The topological polar surface area (TPSA) is 47.0 Å². The quantitative estimate of drug-likeness (QED) is 0.579. The van der Waals surface area contributed by atoms with E-state index < -0.39 is 0 Å². The zero-order valence-corrected chi connectivity index (χ0v) is 20.9. The summed E-state index contributed by atoms with van der Waals surface area (Å²) in [5.74, 6) is 0.386. The van der Waals surface area contributed by atoms with Crippen molar-refractivity contribution < 1.29 is 9.90 Å². The van der Waals surface area contributed by atoms with Crippen LogP contribution in [0.15, 0.2) is 55.1 Å². The maximum absolute atomic E-state index is 13.3. The lowest BCUT2D eigenvalue weighted by molar-refractivity contribution is 0.0723. The predicted molar refractivity (Wildman–Crippen MR) is 142 cm³/mol. The second-order valence-corrected chi connectivity index (χ2v) is 10.5. The highest BCUT2D eigenvalue weighted by atomic mass is 16.3. The van der Waals surface area contributed by atoms with Crippen molar-refractivity contribution in [1.29, 1.82) is 0 Å². The molecule has 0 spiro atoms. The standard InChI is InChI=1S/C30H39N3O2/c1-2-15-31-18-14-26-9-7-10-27(22-31)33(26)21-25-13-12-24(30(35)32-16-4-3-5-17-32)20-29(25)23-8-6-11-28(34)19-23/h2,6,8,11-13,19-20,26-27,34H,1,3-5,7,9-10,14-18,21-22H2. The Morgan fingerprint density at radius 3 is 2.60 bits per heavy atom. The Kier molecular flexibility index (Phi) is 7.54. The van der Waals surface area contributed by atoms with Crippen LogP contribution in [-0.4, -0.2) is 70.5 Å². The van der Waals surface area contributed by atoms with Gasteiger partial charge in [-0.2, -0.15) is 0 Å². The molecule has 2 aromatic rings. The Hall–Kier alpha value is -2.63. The molecule has 1 N–H and O–H groups in total. The minimum absolute atomic E-state index is 0.129. The van der Waals surface area contributed by atoms with E-state index >= 15 is 0 Å². The first-order chi connectivity index (χ1) is 17.1. The van der Waals surface area contributed by atoms with Gasteiger partial charge < -0.3 is 10.0 Å². The highest BCUT2D eigenvalue weighted by Crippen LogP contribution is 2.34. The number of phenolic OH excluding ortho intramolecular Hbond substituents is 1. The minimum Gasteiger partial charge on any atom is -0.508 e. The molecule has 1 amide bonds. The molecule has 0 aliphatic carbocycles. The van der Waals surface area contributed by atoms with Crippen molar-refractivity contribution in [2.24, 2.45) is 0 Å². The number of piperidine rings is 2. The fourth-order valence-electron chi connectivity index (χ4n) is 6.32. The van der Waals surface area contributed by atoms with Gasteiger partial charge in [-0.25, -0.2) is 0 Å². The molecule has 3 fully saturated rings. The molecule has 35 heavy (non-hydrogen) atoms. The van der Waals surface area contributed by atoms with Crippen LogP contribution in [0.1, 0.15) is 60.9 Å². The summed E-state index contributed by atoms with van der Waals surface area (Å²) in [6, 6.07) is 14.9. The van der Waals surface area contributed by atoms with Gasteiger partial charge in [-0.1, -0.05) is 30.7 Å². The van der Waals surface area contributed by atoms with Gasteiger partial charge in [-0.3, -0.25) is 14.6 Å². The third-order valence-electron chi connectivity index (χ3n) is 8.16. The SMILES string of the molecule is C=CCN1CCC2CCCC(C1)N2Cc1ccc(C(=O)N2CCCCC2)cc1-c1cccc(O)c1. The van der Waals surface area contributed by atoms with E-state index in [1.807, 2.05) is 35.2 Å². The van der Waals surface area contributed by atoms with Crippen molar-refractivity contribution in [2.45, 2.75) is 63.6 Å². The zero-order valence-electron chi connectivity index (χ0n) is 20.9. The van der Waals surface area contributed by atoms with E-state index in [2.05, 4.69) is 28.5 Å². The molecular formula is C30H39N3O2. The number of likely N-dealkylation sites (tertiary alicyclic amines) is 1. The highest BCUT2D eigenvalue weighted by molar-refractivity contribution is 5.96. The fraction of sp³-hybridized carbons (Fsp3) is 0.500. The molecule has 5 rings (SSSR count). The van der Waals surface area contributed by atoms with Crippen LogP contribution < -0.4 is 0 Å². The summed E-state index contributed by atoms with van der Waals surface area (Å²) in [4.78, 5) is 20.6. The van der Waals surface area contributed by atoms with Gasteiger partial charge in [0.2, 0.25) is 0 Å². The van der Waals surface area contributed by atoms with E-state index in [1.54, 1.807) is 6.07 Å². The van der Waals surface area contributed by atoms with E-state index in [9.17, 15) is 9.90 Å².